The van der Waals surface area contributed by atoms with Crippen molar-refractivity contribution in [2.75, 3.05) is 6.61 Å². The first-order valence-electron chi connectivity index (χ1n) is 7.35. The molecule has 0 aromatic heterocycles. The topological polar surface area (TPSA) is 87.0 Å². The number of Topliss-reactive ketones (excluding diaryl/α,β-unsaturated/α-hetero) is 1. The molecule has 4 atom stereocenters. The number of ketones is 1. The van der Waals surface area contributed by atoms with E-state index in [1.807, 2.05) is 0 Å². The van der Waals surface area contributed by atoms with Gasteiger partial charge in [0.1, 0.15) is 11.2 Å². The number of aliphatic hydroxyl groups is 3. The standard InChI is InChI=1S/C15H24O5/c1-11(2)5-4-10(17)12(3)13(11)6-7-14(18,9-16)15(19,8-13)20-12/h16,18-19H,4-9H2,1-3H3. The molecule has 2 saturated carbocycles. The van der Waals surface area contributed by atoms with E-state index in [-0.39, 0.29) is 24.0 Å². The minimum atomic E-state index is -1.84. The highest BCUT2D eigenvalue weighted by Gasteiger charge is 2.77. The van der Waals surface area contributed by atoms with Gasteiger partial charge in [-0.3, -0.25) is 4.79 Å². The number of ether oxygens (including phenoxy) is 1. The second-order valence-corrected chi connectivity index (χ2v) is 7.68. The van der Waals surface area contributed by atoms with Crippen LogP contribution < -0.4 is 0 Å². The minimum Gasteiger partial charge on any atom is -0.393 e. The average molecular weight is 284 g/mol. The van der Waals surface area contributed by atoms with Crippen molar-refractivity contribution >= 4 is 5.78 Å². The first kappa shape index (κ1) is 14.4. The number of aliphatic hydroxyl groups excluding tert-OH is 1. The second-order valence-electron chi connectivity index (χ2n) is 7.68. The SMILES string of the molecule is CC1(C)CCC(=O)C2(C)OC3(O)CC12CCC3(O)CO. The number of hydrogen-bond acceptors (Lipinski definition) is 5. The Morgan fingerprint density at radius 1 is 1.15 bits per heavy atom. The van der Waals surface area contributed by atoms with E-state index >= 15 is 0 Å². The zero-order valence-corrected chi connectivity index (χ0v) is 12.4. The number of rotatable bonds is 1. The molecule has 2 bridgehead atoms. The van der Waals surface area contributed by atoms with E-state index in [9.17, 15) is 20.1 Å². The van der Waals surface area contributed by atoms with E-state index in [0.29, 0.717) is 12.8 Å². The van der Waals surface area contributed by atoms with Crippen LogP contribution in [0.3, 0.4) is 0 Å². The van der Waals surface area contributed by atoms with E-state index < -0.39 is 29.0 Å². The van der Waals surface area contributed by atoms with Gasteiger partial charge in [-0.1, -0.05) is 13.8 Å². The highest BCUT2D eigenvalue weighted by Crippen LogP contribution is 2.70. The summed E-state index contributed by atoms with van der Waals surface area (Å²) in [5, 5.41) is 30.8. The van der Waals surface area contributed by atoms with Crippen LogP contribution >= 0.6 is 0 Å². The molecule has 3 N–H and O–H groups in total. The molecule has 0 aromatic rings. The van der Waals surface area contributed by atoms with Gasteiger partial charge in [-0.15, -0.1) is 0 Å². The maximum atomic E-state index is 12.5. The predicted octanol–water partition coefficient (Wildman–Crippen LogP) is 0.747. The molecule has 0 amide bonds. The van der Waals surface area contributed by atoms with Gasteiger partial charge in [-0.25, -0.2) is 0 Å². The highest BCUT2D eigenvalue weighted by atomic mass is 16.7. The van der Waals surface area contributed by atoms with E-state index in [1.54, 1.807) is 6.92 Å². The summed E-state index contributed by atoms with van der Waals surface area (Å²) in [5.41, 5.74) is -3.40. The fourth-order valence-corrected chi connectivity index (χ4v) is 4.90. The normalized spacial score (nSPS) is 53.8. The van der Waals surface area contributed by atoms with Gasteiger partial charge in [0, 0.05) is 18.3 Å². The van der Waals surface area contributed by atoms with Crippen molar-refractivity contribution in [2.24, 2.45) is 10.8 Å². The fraction of sp³-hybridized carbons (Fsp3) is 0.933. The Morgan fingerprint density at radius 3 is 2.40 bits per heavy atom. The van der Waals surface area contributed by atoms with Crippen molar-refractivity contribution < 1.29 is 24.9 Å². The van der Waals surface area contributed by atoms with Gasteiger partial charge >= 0.3 is 0 Å². The quantitative estimate of drug-likeness (QED) is 0.661. The van der Waals surface area contributed by atoms with Gasteiger partial charge in [-0.2, -0.15) is 0 Å². The largest absolute Gasteiger partial charge is 0.393 e. The molecular formula is C15H24O5. The van der Waals surface area contributed by atoms with Crippen LogP contribution in [0.25, 0.3) is 0 Å². The van der Waals surface area contributed by atoms with E-state index in [0.717, 1.165) is 6.42 Å². The predicted molar refractivity (Wildman–Crippen MR) is 70.8 cm³/mol. The summed E-state index contributed by atoms with van der Waals surface area (Å²) >= 11 is 0. The van der Waals surface area contributed by atoms with Crippen molar-refractivity contribution in [2.45, 2.75) is 69.9 Å². The van der Waals surface area contributed by atoms with Crippen LogP contribution in [0.15, 0.2) is 0 Å². The van der Waals surface area contributed by atoms with Gasteiger partial charge in [0.25, 0.3) is 0 Å². The van der Waals surface area contributed by atoms with Crippen molar-refractivity contribution in [1.29, 1.82) is 0 Å². The lowest BCUT2D eigenvalue weighted by Gasteiger charge is -2.56. The fourth-order valence-electron chi connectivity index (χ4n) is 4.90. The van der Waals surface area contributed by atoms with Gasteiger partial charge in [0.15, 0.2) is 11.6 Å². The second kappa shape index (κ2) is 3.64. The molecule has 3 fully saturated rings. The molecule has 0 radical (unpaired) electrons. The lowest BCUT2D eigenvalue weighted by atomic mass is 9.46. The number of carbonyl (C=O) groups is 1. The third-order valence-corrected chi connectivity index (χ3v) is 6.59. The van der Waals surface area contributed by atoms with Gasteiger partial charge in [0.05, 0.1) is 6.61 Å². The molecule has 1 spiro atoms. The van der Waals surface area contributed by atoms with E-state index in [4.69, 9.17) is 4.74 Å². The average Bonchev–Trinajstić information content (AvgIpc) is 2.60. The maximum Gasteiger partial charge on any atom is 0.198 e. The van der Waals surface area contributed by atoms with Gasteiger partial charge in [0.2, 0.25) is 0 Å². The first-order valence-corrected chi connectivity index (χ1v) is 7.35. The van der Waals surface area contributed by atoms with Crippen LogP contribution in [-0.4, -0.2) is 44.7 Å². The van der Waals surface area contributed by atoms with Crippen LogP contribution in [0.2, 0.25) is 0 Å². The number of hydrogen-bond donors (Lipinski definition) is 3. The van der Waals surface area contributed by atoms with Crippen LogP contribution in [0.4, 0.5) is 0 Å². The Morgan fingerprint density at radius 2 is 1.80 bits per heavy atom. The summed E-state index contributed by atoms with van der Waals surface area (Å²) in [6.07, 6.45) is 2.21. The summed E-state index contributed by atoms with van der Waals surface area (Å²) in [4.78, 5) is 12.5. The van der Waals surface area contributed by atoms with Crippen LogP contribution in [0.1, 0.15) is 52.9 Å². The monoisotopic (exact) mass is 284 g/mol. The van der Waals surface area contributed by atoms with Crippen LogP contribution in [-0.2, 0) is 9.53 Å². The Balaban J connectivity index is 2.17. The molecule has 5 heteroatoms. The molecule has 1 aliphatic heterocycles. The highest BCUT2D eigenvalue weighted by molar-refractivity contribution is 5.90. The lowest BCUT2D eigenvalue weighted by Crippen LogP contribution is -2.62. The molecular weight excluding hydrogens is 260 g/mol. The van der Waals surface area contributed by atoms with E-state index in [1.165, 1.54) is 0 Å². The molecule has 0 aromatic carbocycles. The molecule has 3 rings (SSSR count). The van der Waals surface area contributed by atoms with Gasteiger partial charge in [-0.05, 0) is 31.6 Å². The minimum absolute atomic E-state index is 0.00469. The van der Waals surface area contributed by atoms with Crippen molar-refractivity contribution in [3.05, 3.63) is 0 Å². The maximum absolute atomic E-state index is 12.5. The summed E-state index contributed by atoms with van der Waals surface area (Å²) < 4.78 is 5.81. The molecule has 5 nitrogen and oxygen atoms in total. The van der Waals surface area contributed by atoms with Crippen LogP contribution in [0, 0.1) is 10.8 Å². The molecule has 1 heterocycles. The third kappa shape index (κ3) is 1.30. The summed E-state index contributed by atoms with van der Waals surface area (Å²) in [6, 6.07) is 0. The Bertz CT molecular complexity index is 475. The molecule has 20 heavy (non-hydrogen) atoms. The summed E-state index contributed by atoms with van der Waals surface area (Å²) in [5.74, 6) is -1.85. The van der Waals surface area contributed by atoms with Crippen molar-refractivity contribution in [1.82, 2.24) is 0 Å². The van der Waals surface area contributed by atoms with E-state index in [2.05, 4.69) is 13.8 Å². The summed E-state index contributed by atoms with van der Waals surface area (Å²) in [6.45, 7) is 5.40. The Labute approximate surface area is 118 Å². The van der Waals surface area contributed by atoms with Crippen molar-refractivity contribution in [3.8, 4) is 0 Å². The molecule has 2 aliphatic carbocycles. The number of carbonyl (C=O) groups excluding carboxylic acids is 1. The molecule has 3 aliphatic rings. The smallest absolute Gasteiger partial charge is 0.198 e. The lowest BCUT2D eigenvalue weighted by molar-refractivity contribution is -0.308. The first-order chi connectivity index (χ1) is 9.06. The third-order valence-electron chi connectivity index (χ3n) is 6.59. The zero-order valence-electron chi connectivity index (χ0n) is 12.4. The number of fused-ring (bicyclic) bond motifs is 1. The summed E-state index contributed by atoms with van der Waals surface area (Å²) in [7, 11) is 0. The molecule has 114 valence electrons. The van der Waals surface area contributed by atoms with Crippen molar-refractivity contribution in [3.63, 3.8) is 0 Å². The molecule has 4 unspecified atom stereocenters. The van der Waals surface area contributed by atoms with Gasteiger partial charge < -0.3 is 20.1 Å². The van der Waals surface area contributed by atoms with Crippen LogP contribution in [0.5, 0.6) is 0 Å². The Kier molecular flexibility index (Phi) is 2.63. The molecule has 1 saturated heterocycles. The zero-order chi connectivity index (χ0) is 15.0. The Hall–Kier alpha value is -0.490.